The molecular weight excluding hydrogens is 1620 g/mol. The van der Waals surface area contributed by atoms with Gasteiger partial charge in [-0.1, -0.05) is 155 Å². The van der Waals surface area contributed by atoms with Crippen molar-refractivity contribution in [2.24, 2.45) is 5.41 Å². The van der Waals surface area contributed by atoms with Gasteiger partial charge in [0.2, 0.25) is 6.29 Å². The summed E-state index contributed by atoms with van der Waals surface area (Å²) in [7, 11) is 0. The van der Waals surface area contributed by atoms with Crippen molar-refractivity contribution in [2.75, 3.05) is 13.2 Å². The van der Waals surface area contributed by atoms with E-state index in [9.17, 15) is 0 Å². The second kappa shape index (κ2) is 41.3. The van der Waals surface area contributed by atoms with E-state index in [2.05, 4.69) is 83.4 Å². The number of aryl methyl sites for hydroxylation is 1. The smallest absolute Gasteiger partial charge is 0.233 e. The van der Waals surface area contributed by atoms with Gasteiger partial charge in [0, 0.05) is 95.0 Å². The van der Waals surface area contributed by atoms with Gasteiger partial charge in [0.1, 0.15) is 17.2 Å². The molecule has 11 heterocycles. The molecule has 8 bridgehead atoms. The molecule has 12 aromatic rings. The molecule has 4 aromatic carbocycles. The minimum atomic E-state index is -0.601. The van der Waals surface area contributed by atoms with Crippen molar-refractivity contribution in [1.82, 2.24) is 39.9 Å². The largest absolute Gasteiger partial charge is 0.528 e. The van der Waals surface area contributed by atoms with Crippen LogP contribution in [-0.4, -0.2) is 64.5 Å². The normalized spacial score (nSPS) is 13.0. The van der Waals surface area contributed by atoms with Gasteiger partial charge in [-0.2, -0.15) is 0 Å². The van der Waals surface area contributed by atoms with E-state index < -0.39 is 6.29 Å². The number of para-hydroxylation sites is 1. The number of phenols is 1. The third-order valence-electron chi connectivity index (χ3n) is 17.3. The Hall–Kier alpha value is -9.61. The molecule has 15 rings (SSSR count). The topological polar surface area (TPSA) is 160 Å². The van der Waals surface area contributed by atoms with Gasteiger partial charge in [-0.25, -0.2) is 4.98 Å². The van der Waals surface area contributed by atoms with E-state index >= 15 is 0 Å². The molecule has 3 aliphatic heterocycles. The van der Waals surface area contributed by atoms with Gasteiger partial charge in [0.05, 0.1) is 59.9 Å². The molecule has 0 saturated heterocycles. The van der Waals surface area contributed by atoms with E-state index in [0.29, 0.717) is 42.6 Å². The Bertz CT molecular complexity index is 4230. The van der Waals surface area contributed by atoms with Crippen molar-refractivity contribution in [1.29, 1.82) is 0 Å². The maximum atomic E-state index is 8.63. The molecule has 524 valence electrons. The van der Waals surface area contributed by atoms with Crippen LogP contribution in [0.1, 0.15) is 121 Å². The van der Waals surface area contributed by atoms with E-state index in [-0.39, 0.29) is 45.9 Å². The van der Waals surface area contributed by atoms with Crippen LogP contribution in [0.3, 0.4) is 0 Å². The monoisotopic (exact) mass is 1700 g/mol. The number of rotatable bonds is 18. The predicted molar refractivity (Wildman–Crippen MR) is 397 cm³/mol. The summed E-state index contributed by atoms with van der Waals surface area (Å²) in [5, 5.41) is 8.63. The third kappa shape index (κ3) is 24.0. The minimum Gasteiger partial charge on any atom is -0.528 e. The first kappa shape index (κ1) is 76.6. The fourth-order valence-electron chi connectivity index (χ4n) is 12.1. The maximum absolute atomic E-state index is 8.63. The number of phenolic OH excluding ortho intramolecular Hbond substituents is 1. The summed E-state index contributed by atoms with van der Waals surface area (Å²) >= 11 is 0. The summed E-state index contributed by atoms with van der Waals surface area (Å²) in [6.07, 6.45) is 30.1. The molecule has 1 unspecified atom stereocenters. The Balaban J connectivity index is 0.000000226. The summed E-state index contributed by atoms with van der Waals surface area (Å²) in [5.74, 6) is 2.94. The van der Waals surface area contributed by atoms with Crippen LogP contribution in [-0.2, 0) is 59.8 Å². The molecule has 0 aliphatic carbocycles. The zero-order valence-electron chi connectivity index (χ0n) is 58.1. The molecule has 0 spiro atoms. The van der Waals surface area contributed by atoms with Gasteiger partial charge >= 0.3 is 0 Å². The van der Waals surface area contributed by atoms with Crippen LogP contribution in [0.4, 0.5) is 0 Å². The second-order valence-corrected chi connectivity index (χ2v) is 25.4. The molecule has 0 fully saturated rings. The van der Waals surface area contributed by atoms with Crippen molar-refractivity contribution in [3.8, 4) is 96.6 Å². The first-order valence-electron chi connectivity index (χ1n) is 35.2. The number of benzene rings is 4. The molecule has 1 N–H and O–H groups in total. The fraction of sp³-hybridized carbons (Fsp3) is 0.264. The van der Waals surface area contributed by atoms with E-state index in [0.717, 1.165) is 163 Å². The standard InChI is InChI=1S/C47H50N5O4.C34H31N3.C6H6O.Ir.Re/c1-2-3-4-7-10-22-47-55-36-24-26-42(51-34-36)44-21-17-20-43(52-44)41-25-23-35(33-50-41)53-29-15-8-5-6-9-16-30-54-45-32-46(56-47)38(40-19-12-14-28-49-40)31-37(45)39-18-11-13-27-48-39;1-34(21-10-16-31-15-8-9-22-35-31,23-27-17-19-32(36-25-27)29-11-4-2-5-12-29)24-28-18-20-33(37-26-28)30-13-6-3-7-14-30;7-6-4-2-1-3-5-6;;/h11-14,17-21,23-28,32-34,47H,2-10,15-16,22,29-30H2,1H3;2-9,11,13,15,17-20,22,25-26H,10,16,21,23-24H2,1H3;1-5,7H;;/q-1;-2;;;. The summed E-state index contributed by atoms with van der Waals surface area (Å²) in [6, 6.07) is 77.0. The summed E-state index contributed by atoms with van der Waals surface area (Å²) in [6.45, 7) is 5.84. The molecular formula is C87H87IrN8O5Re-3. The fourth-order valence-corrected chi connectivity index (χ4v) is 12.1. The zero-order chi connectivity index (χ0) is 68.7. The number of hydrogen-bond acceptors (Lipinski definition) is 13. The van der Waals surface area contributed by atoms with Gasteiger partial charge < -0.3 is 34.0 Å². The number of pyridine rings is 8. The molecule has 15 heteroatoms. The van der Waals surface area contributed by atoms with Crippen LogP contribution in [0.2, 0.25) is 0 Å². The molecule has 3 aliphatic rings. The summed E-state index contributed by atoms with van der Waals surface area (Å²) in [4.78, 5) is 37.7. The number of unbranched alkanes of at least 4 members (excludes halogenated alkanes) is 4. The van der Waals surface area contributed by atoms with Crippen molar-refractivity contribution in [2.45, 2.75) is 129 Å². The van der Waals surface area contributed by atoms with Crippen molar-refractivity contribution >= 4 is 0 Å². The Morgan fingerprint density at radius 2 is 0.980 bits per heavy atom. The summed E-state index contributed by atoms with van der Waals surface area (Å²) in [5.41, 5.74) is 13.7. The molecule has 0 amide bonds. The average molecular weight is 1700 g/mol. The molecule has 2 radical (unpaired) electrons. The van der Waals surface area contributed by atoms with Crippen molar-refractivity contribution in [3.05, 3.63) is 285 Å². The SMILES string of the molecule is CC(CCCc1ccccn1)(Cc1ccc(-c2[c-]cccc2)nc1)Cc1ccc(-c2[c-]cccc2)nc1.CCCCCCCC1Oc2ccc(nc2)-c2cccc(n2)-c2ccc(cn2)OCCCCCCCCOc2cc(c(-c3ccccn3)[c-]c2-c2ccccn2)O1.Oc1ccccc1.[Ir].[Re]. The van der Waals surface area contributed by atoms with Crippen LogP contribution in [0.5, 0.6) is 28.7 Å². The van der Waals surface area contributed by atoms with Crippen LogP contribution in [0.15, 0.2) is 250 Å². The molecule has 0 saturated carbocycles. The van der Waals surface area contributed by atoms with Gasteiger partial charge in [-0.3, -0.25) is 24.9 Å². The number of aromatic hydroxyl groups is 1. The van der Waals surface area contributed by atoms with Gasteiger partial charge in [-0.05, 0) is 158 Å². The summed E-state index contributed by atoms with van der Waals surface area (Å²) < 4.78 is 26.0. The van der Waals surface area contributed by atoms with E-state index in [1.807, 2.05) is 164 Å². The second-order valence-electron chi connectivity index (χ2n) is 25.4. The third-order valence-corrected chi connectivity index (χ3v) is 17.3. The van der Waals surface area contributed by atoms with Crippen molar-refractivity contribution in [3.63, 3.8) is 0 Å². The minimum absolute atomic E-state index is 0. The maximum Gasteiger partial charge on any atom is 0.233 e. The van der Waals surface area contributed by atoms with Crippen LogP contribution >= 0.6 is 0 Å². The van der Waals surface area contributed by atoms with E-state index in [4.69, 9.17) is 49.0 Å². The number of aromatic nitrogens is 8. The molecule has 8 aromatic heterocycles. The number of hydrogen-bond donors (Lipinski definition) is 1. The van der Waals surface area contributed by atoms with Crippen molar-refractivity contribution < 1.29 is 64.6 Å². The quantitative estimate of drug-likeness (QED) is 0.0639. The predicted octanol–water partition coefficient (Wildman–Crippen LogP) is 20.4. The number of ether oxygens (including phenoxy) is 4. The van der Waals surface area contributed by atoms with Crippen LogP contribution in [0.25, 0.3) is 67.8 Å². The Morgan fingerprint density at radius 3 is 1.50 bits per heavy atom. The van der Waals surface area contributed by atoms with Crippen LogP contribution in [0, 0.1) is 23.6 Å². The Kier molecular flexibility index (Phi) is 31.0. The van der Waals surface area contributed by atoms with Crippen LogP contribution < -0.4 is 18.9 Å². The number of nitrogens with zero attached hydrogens (tertiary/aromatic N) is 8. The average Bonchev–Trinajstić information content (AvgIpc) is 0.793. The van der Waals surface area contributed by atoms with E-state index in [1.54, 1.807) is 49.1 Å². The molecule has 102 heavy (non-hydrogen) atoms. The van der Waals surface area contributed by atoms with E-state index in [1.165, 1.54) is 30.4 Å². The van der Waals surface area contributed by atoms with Gasteiger partial charge in [0.25, 0.3) is 0 Å². The number of fused-ring (bicyclic) bond motifs is 2. The zero-order valence-corrected chi connectivity index (χ0v) is 63.2. The Labute approximate surface area is 629 Å². The van der Waals surface area contributed by atoms with Gasteiger partial charge in [0.15, 0.2) is 0 Å². The molecule has 13 nitrogen and oxygen atoms in total. The van der Waals surface area contributed by atoms with Gasteiger partial charge in [-0.15, -0.1) is 77.9 Å². The first-order chi connectivity index (χ1) is 49.3. The Morgan fingerprint density at radius 1 is 0.451 bits per heavy atom. The molecule has 1 atom stereocenters. The first-order valence-corrected chi connectivity index (χ1v) is 35.2.